The number of alkyl halides is 4. The van der Waals surface area contributed by atoms with Crippen molar-refractivity contribution in [3.8, 4) is 12.3 Å². The van der Waals surface area contributed by atoms with E-state index >= 15 is 0 Å². The molecule has 0 fully saturated rings. The first-order valence-electron chi connectivity index (χ1n) is 7.95. The number of nitrogens with zero attached hydrogens (tertiary/aromatic N) is 1. The van der Waals surface area contributed by atoms with Gasteiger partial charge in [-0.2, -0.15) is 13.2 Å². The number of nitrogens with two attached hydrogens (primary N) is 1. The molecule has 0 unspecified atom stereocenters. The van der Waals surface area contributed by atoms with E-state index in [4.69, 9.17) is 12.2 Å². The molecule has 0 aromatic heterocycles. The Hall–Kier alpha value is -2.48. The van der Waals surface area contributed by atoms with E-state index in [1.165, 1.54) is 29.2 Å². The number of hydrogen-bond acceptors (Lipinski definition) is 3. The fourth-order valence-electron chi connectivity index (χ4n) is 2.47. The Kier molecular flexibility index (Phi) is 7.12. The Balaban J connectivity index is 2.30. The molecule has 0 atom stereocenters. The van der Waals surface area contributed by atoms with Crippen LogP contribution in [0.5, 0.6) is 0 Å². The zero-order valence-corrected chi connectivity index (χ0v) is 16.6. The molecular weight excluding hydrogens is 489 g/mol. The lowest BCUT2D eigenvalue weighted by Gasteiger charge is -2.24. The maximum atomic E-state index is 14.8. The van der Waals surface area contributed by atoms with Gasteiger partial charge in [0.15, 0.2) is 5.82 Å². The van der Waals surface area contributed by atoms with Gasteiger partial charge in [0.1, 0.15) is 0 Å². The van der Waals surface area contributed by atoms with Crippen LogP contribution in [-0.2, 0) is 17.5 Å². The summed E-state index contributed by atoms with van der Waals surface area (Å²) in [4.78, 5) is 13.0. The molecular formula is C19H16F4IN3O. The van der Waals surface area contributed by atoms with Crippen molar-refractivity contribution in [2.75, 3.05) is 26.9 Å². The van der Waals surface area contributed by atoms with Crippen LogP contribution in [0.3, 0.4) is 0 Å². The van der Waals surface area contributed by atoms with E-state index in [1.54, 1.807) is 0 Å². The maximum Gasteiger partial charge on any atom is 0.416 e. The van der Waals surface area contributed by atoms with Crippen molar-refractivity contribution in [3.05, 3.63) is 53.3 Å². The van der Waals surface area contributed by atoms with Crippen molar-refractivity contribution >= 4 is 45.6 Å². The average Bonchev–Trinajstić information content (AvgIpc) is 2.65. The zero-order chi connectivity index (χ0) is 20.9. The SMILES string of the molecule is C#CCN(Cc1ccc(C(F)(F)F)cc1)c1ccc(NC(=O)CI)c(N)c1F. The minimum atomic E-state index is -4.43. The number of hydrogen-bond donors (Lipinski definition) is 2. The van der Waals surface area contributed by atoms with Gasteiger partial charge >= 0.3 is 6.18 Å². The van der Waals surface area contributed by atoms with Gasteiger partial charge in [-0.1, -0.05) is 40.6 Å². The molecule has 28 heavy (non-hydrogen) atoms. The zero-order valence-electron chi connectivity index (χ0n) is 14.5. The van der Waals surface area contributed by atoms with Gasteiger partial charge in [-0.25, -0.2) is 4.39 Å². The summed E-state index contributed by atoms with van der Waals surface area (Å²) in [7, 11) is 0. The van der Waals surface area contributed by atoms with E-state index < -0.39 is 17.6 Å². The second kappa shape index (κ2) is 9.14. The van der Waals surface area contributed by atoms with Crippen molar-refractivity contribution in [3.63, 3.8) is 0 Å². The van der Waals surface area contributed by atoms with Crippen molar-refractivity contribution in [2.45, 2.75) is 12.7 Å². The molecule has 148 valence electrons. The molecule has 0 spiro atoms. The van der Waals surface area contributed by atoms with Gasteiger partial charge in [0, 0.05) is 6.54 Å². The van der Waals surface area contributed by atoms with Crippen LogP contribution in [0.4, 0.5) is 34.6 Å². The maximum absolute atomic E-state index is 14.8. The number of rotatable bonds is 6. The summed E-state index contributed by atoms with van der Waals surface area (Å²) in [6.07, 6.45) is 0.917. The molecule has 0 saturated heterocycles. The number of amides is 1. The van der Waals surface area contributed by atoms with E-state index in [0.29, 0.717) is 5.56 Å². The van der Waals surface area contributed by atoms with Gasteiger partial charge in [-0.3, -0.25) is 4.79 Å². The average molecular weight is 505 g/mol. The molecule has 4 nitrogen and oxygen atoms in total. The second-order valence-electron chi connectivity index (χ2n) is 5.80. The number of carbonyl (C=O) groups is 1. The van der Waals surface area contributed by atoms with Crippen molar-refractivity contribution in [1.29, 1.82) is 0 Å². The molecule has 0 saturated carbocycles. The van der Waals surface area contributed by atoms with Gasteiger partial charge in [0.05, 0.1) is 33.6 Å². The number of benzene rings is 2. The minimum Gasteiger partial charge on any atom is -0.395 e. The summed E-state index contributed by atoms with van der Waals surface area (Å²) in [5, 5.41) is 2.49. The van der Waals surface area contributed by atoms with Gasteiger partial charge in [0.25, 0.3) is 0 Å². The predicted octanol–water partition coefficient (Wildman–Crippen LogP) is 4.44. The van der Waals surface area contributed by atoms with E-state index in [9.17, 15) is 22.4 Å². The molecule has 0 bridgehead atoms. The molecule has 0 aliphatic carbocycles. The lowest BCUT2D eigenvalue weighted by atomic mass is 10.1. The third-order valence-electron chi connectivity index (χ3n) is 3.83. The van der Waals surface area contributed by atoms with Crippen LogP contribution < -0.4 is 16.0 Å². The Morgan fingerprint density at radius 2 is 1.86 bits per heavy atom. The van der Waals surface area contributed by atoms with Crippen LogP contribution in [0.2, 0.25) is 0 Å². The summed E-state index contributed by atoms with van der Waals surface area (Å²) in [6, 6.07) is 7.39. The first-order valence-corrected chi connectivity index (χ1v) is 9.48. The van der Waals surface area contributed by atoms with Crippen LogP contribution in [0.25, 0.3) is 0 Å². The lowest BCUT2D eigenvalue weighted by molar-refractivity contribution is -0.137. The molecule has 2 rings (SSSR count). The number of anilines is 3. The number of nitrogen functional groups attached to an aromatic ring is 1. The van der Waals surface area contributed by atoms with Crippen LogP contribution in [0.15, 0.2) is 36.4 Å². The summed E-state index contributed by atoms with van der Waals surface area (Å²) in [5.41, 5.74) is 5.51. The normalized spacial score (nSPS) is 11.0. The quantitative estimate of drug-likeness (QED) is 0.201. The lowest BCUT2D eigenvalue weighted by Crippen LogP contribution is -2.25. The van der Waals surface area contributed by atoms with E-state index in [2.05, 4.69) is 11.2 Å². The monoisotopic (exact) mass is 505 g/mol. The number of halogens is 5. The number of terminal acetylenes is 1. The molecule has 0 heterocycles. The molecule has 0 aliphatic heterocycles. The van der Waals surface area contributed by atoms with E-state index in [-0.39, 0.29) is 40.5 Å². The largest absolute Gasteiger partial charge is 0.416 e. The summed E-state index contributed by atoms with van der Waals surface area (Å²) in [6.45, 7) is 0.0923. The molecule has 0 radical (unpaired) electrons. The highest BCUT2D eigenvalue weighted by Crippen LogP contribution is 2.32. The standard InChI is InChI=1S/C19H16F4IN3O/c1-2-9-27(11-12-3-5-13(6-4-12)19(21,22)23)15-8-7-14(18(25)17(15)20)26-16(28)10-24/h1,3-8H,9-11,25H2,(H,26,28). The van der Waals surface area contributed by atoms with Crippen LogP contribution in [0.1, 0.15) is 11.1 Å². The van der Waals surface area contributed by atoms with Crippen molar-refractivity contribution in [1.82, 2.24) is 0 Å². The van der Waals surface area contributed by atoms with Gasteiger partial charge < -0.3 is 16.0 Å². The van der Waals surface area contributed by atoms with Crippen LogP contribution in [-0.4, -0.2) is 16.9 Å². The molecule has 2 aromatic carbocycles. The fourth-order valence-corrected chi connectivity index (χ4v) is 2.66. The summed E-state index contributed by atoms with van der Waals surface area (Å²) < 4.78 is 53.0. The Labute approximate surface area is 173 Å². The summed E-state index contributed by atoms with van der Waals surface area (Å²) in [5.74, 6) is 1.29. The fraction of sp³-hybridized carbons (Fsp3) is 0.211. The van der Waals surface area contributed by atoms with Crippen molar-refractivity contribution in [2.24, 2.45) is 0 Å². The molecule has 0 aliphatic rings. The molecule has 1 amide bonds. The second-order valence-corrected chi connectivity index (χ2v) is 6.56. The summed E-state index contributed by atoms with van der Waals surface area (Å²) >= 11 is 1.86. The predicted molar refractivity (Wildman–Crippen MR) is 110 cm³/mol. The van der Waals surface area contributed by atoms with E-state index in [0.717, 1.165) is 12.1 Å². The first kappa shape index (κ1) is 21.8. The molecule has 9 heteroatoms. The molecule has 2 aromatic rings. The number of carbonyl (C=O) groups excluding carboxylic acids is 1. The Morgan fingerprint density at radius 3 is 2.39 bits per heavy atom. The third kappa shape index (κ3) is 5.28. The third-order valence-corrected chi connectivity index (χ3v) is 4.53. The van der Waals surface area contributed by atoms with Crippen LogP contribution >= 0.6 is 22.6 Å². The molecule has 3 N–H and O–H groups in total. The van der Waals surface area contributed by atoms with Gasteiger partial charge in [-0.15, -0.1) is 6.42 Å². The highest BCUT2D eigenvalue weighted by molar-refractivity contribution is 14.1. The highest BCUT2D eigenvalue weighted by Gasteiger charge is 2.30. The highest BCUT2D eigenvalue weighted by atomic mass is 127. The topological polar surface area (TPSA) is 58.4 Å². The Bertz CT molecular complexity index is 892. The smallest absolute Gasteiger partial charge is 0.395 e. The first-order chi connectivity index (χ1) is 13.2. The van der Waals surface area contributed by atoms with Crippen LogP contribution in [0, 0.1) is 18.2 Å². The Morgan fingerprint density at radius 1 is 1.21 bits per heavy atom. The minimum absolute atomic E-state index is 0.0108. The van der Waals surface area contributed by atoms with E-state index in [1.807, 2.05) is 22.6 Å². The van der Waals surface area contributed by atoms with Gasteiger partial charge in [0.2, 0.25) is 5.91 Å². The van der Waals surface area contributed by atoms with Gasteiger partial charge in [-0.05, 0) is 29.8 Å². The number of nitrogens with one attached hydrogen (secondary N) is 1. The van der Waals surface area contributed by atoms with Crippen molar-refractivity contribution < 1.29 is 22.4 Å².